The molecule has 1 aliphatic rings. The minimum Gasteiger partial charge on any atom is -0.305 e. The van der Waals surface area contributed by atoms with E-state index in [1.807, 2.05) is 24.3 Å². The van der Waals surface area contributed by atoms with E-state index in [4.69, 9.17) is 0 Å². The fourth-order valence-corrected chi connectivity index (χ4v) is 2.38. The lowest BCUT2D eigenvalue weighted by atomic mass is 10.0. The van der Waals surface area contributed by atoms with Crippen molar-refractivity contribution in [1.29, 1.82) is 0 Å². The summed E-state index contributed by atoms with van der Waals surface area (Å²) in [4.78, 5) is 16.3. The molecule has 0 saturated heterocycles. The first kappa shape index (κ1) is 15.2. The van der Waals surface area contributed by atoms with Gasteiger partial charge in [0.05, 0.1) is 0 Å². The van der Waals surface area contributed by atoms with Crippen molar-refractivity contribution in [2.45, 2.75) is 19.8 Å². The minimum atomic E-state index is -0.360. The maximum Gasteiger partial charge on any atom is 0.275 e. The second-order valence-corrected chi connectivity index (χ2v) is 5.78. The van der Waals surface area contributed by atoms with Crippen LogP contribution in [0.3, 0.4) is 0 Å². The van der Waals surface area contributed by atoms with E-state index in [0.29, 0.717) is 23.0 Å². The monoisotopic (exact) mass is 308 g/mol. The van der Waals surface area contributed by atoms with E-state index < -0.39 is 0 Å². The lowest BCUT2D eigenvalue weighted by Crippen LogP contribution is -2.24. The molecule has 0 saturated carbocycles. The maximum atomic E-state index is 13.3. The van der Waals surface area contributed by atoms with Crippen molar-refractivity contribution in [3.8, 4) is 0 Å². The quantitative estimate of drug-likeness (QED) is 0.859. The number of amidine groups is 1. The average molecular weight is 308 g/mol. The SMILES string of the molecule is CC(C)c1ccc(/C=C2/N=C(c3cccc(F)c3)NC2=O)cc1. The first-order valence-corrected chi connectivity index (χ1v) is 7.50. The van der Waals surface area contributed by atoms with Crippen molar-refractivity contribution in [1.82, 2.24) is 5.32 Å². The lowest BCUT2D eigenvalue weighted by molar-refractivity contribution is -0.115. The lowest BCUT2D eigenvalue weighted by Gasteiger charge is -2.04. The van der Waals surface area contributed by atoms with Gasteiger partial charge in [-0.25, -0.2) is 9.38 Å². The summed E-state index contributed by atoms with van der Waals surface area (Å²) in [6.45, 7) is 4.26. The number of nitrogens with zero attached hydrogens (tertiary/aromatic N) is 1. The van der Waals surface area contributed by atoms with Crippen LogP contribution in [0, 0.1) is 5.82 Å². The van der Waals surface area contributed by atoms with Crippen LogP contribution in [0.4, 0.5) is 4.39 Å². The number of hydrogen-bond acceptors (Lipinski definition) is 2. The largest absolute Gasteiger partial charge is 0.305 e. The van der Waals surface area contributed by atoms with Gasteiger partial charge in [-0.05, 0) is 35.3 Å². The van der Waals surface area contributed by atoms with Crippen LogP contribution in [-0.2, 0) is 4.79 Å². The van der Waals surface area contributed by atoms with E-state index in [0.717, 1.165) is 5.56 Å². The van der Waals surface area contributed by atoms with Crippen molar-refractivity contribution in [2.75, 3.05) is 0 Å². The molecule has 3 nitrogen and oxygen atoms in total. The van der Waals surface area contributed by atoms with Crippen molar-refractivity contribution < 1.29 is 9.18 Å². The predicted octanol–water partition coefficient (Wildman–Crippen LogP) is 3.87. The minimum absolute atomic E-state index is 0.280. The number of amides is 1. The first-order chi connectivity index (χ1) is 11.0. The van der Waals surface area contributed by atoms with Crippen LogP contribution in [0.15, 0.2) is 59.2 Å². The molecule has 0 bridgehead atoms. The maximum absolute atomic E-state index is 13.3. The zero-order chi connectivity index (χ0) is 16.4. The molecule has 0 spiro atoms. The summed E-state index contributed by atoms with van der Waals surface area (Å²) >= 11 is 0. The Morgan fingerprint density at radius 3 is 2.52 bits per heavy atom. The second kappa shape index (κ2) is 6.16. The van der Waals surface area contributed by atoms with Gasteiger partial charge in [-0.15, -0.1) is 0 Å². The molecule has 0 aromatic heterocycles. The summed E-state index contributed by atoms with van der Waals surface area (Å²) in [7, 11) is 0. The predicted molar refractivity (Wildman–Crippen MR) is 89.6 cm³/mol. The molecule has 0 radical (unpaired) electrons. The number of rotatable bonds is 3. The zero-order valence-electron chi connectivity index (χ0n) is 13.0. The number of hydrogen-bond donors (Lipinski definition) is 1. The van der Waals surface area contributed by atoms with E-state index in [-0.39, 0.29) is 11.7 Å². The highest BCUT2D eigenvalue weighted by molar-refractivity contribution is 6.19. The van der Waals surface area contributed by atoms with Crippen LogP contribution in [0.25, 0.3) is 6.08 Å². The van der Waals surface area contributed by atoms with E-state index in [2.05, 4.69) is 24.2 Å². The van der Waals surface area contributed by atoms with Gasteiger partial charge >= 0.3 is 0 Å². The molecule has 0 unspecified atom stereocenters. The van der Waals surface area contributed by atoms with Crippen molar-refractivity contribution in [3.63, 3.8) is 0 Å². The highest BCUT2D eigenvalue weighted by Crippen LogP contribution is 2.18. The van der Waals surface area contributed by atoms with Crippen molar-refractivity contribution >= 4 is 17.8 Å². The zero-order valence-corrected chi connectivity index (χ0v) is 13.0. The summed E-state index contributed by atoms with van der Waals surface area (Å²) in [5.74, 6) is 0.196. The third-order valence-electron chi connectivity index (χ3n) is 3.70. The molecule has 2 aromatic rings. The summed E-state index contributed by atoms with van der Waals surface area (Å²) in [6.07, 6.45) is 1.73. The van der Waals surface area contributed by atoms with E-state index >= 15 is 0 Å². The Labute approximate surface area is 134 Å². The summed E-state index contributed by atoms with van der Waals surface area (Å²) < 4.78 is 13.3. The Hall–Kier alpha value is -2.75. The molecule has 1 aliphatic heterocycles. The number of carbonyl (C=O) groups is 1. The molecule has 2 aromatic carbocycles. The molecule has 0 atom stereocenters. The van der Waals surface area contributed by atoms with E-state index in [1.165, 1.54) is 17.7 Å². The molecule has 23 heavy (non-hydrogen) atoms. The molecule has 1 N–H and O–H groups in total. The van der Waals surface area contributed by atoms with Gasteiger partial charge in [0.15, 0.2) is 0 Å². The van der Waals surface area contributed by atoms with Crippen molar-refractivity contribution in [3.05, 3.63) is 76.7 Å². The average Bonchev–Trinajstić information content (AvgIpc) is 2.89. The number of nitrogens with one attached hydrogen (secondary N) is 1. The van der Waals surface area contributed by atoms with Gasteiger partial charge in [0.2, 0.25) is 0 Å². The molecular weight excluding hydrogens is 291 g/mol. The van der Waals surface area contributed by atoms with E-state index in [9.17, 15) is 9.18 Å². The Morgan fingerprint density at radius 2 is 1.87 bits per heavy atom. The van der Waals surface area contributed by atoms with Gasteiger partial charge in [0.1, 0.15) is 17.3 Å². The number of carbonyl (C=O) groups excluding carboxylic acids is 1. The van der Waals surface area contributed by atoms with Gasteiger partial charge < -0.3 is 5.32 Å². The summed E-state index contributed by atoms with van der Waals surface area (Å²) in [5, 5.41) is 2.67. The van der Waals surface area contributed by atoms with Crippen LogP contribution >= 0.6 is 0 Å². The highest BCUT2D eigenvalue weighted by Gasteiger charge is 2.21. The van der Waals surface area contributed by atoms with Crippen LogP contribution in [0.2, 0.25) is 0 Å². The standard InChI is InChI=1S/C19H17FN2O/c1-12(2)14-8-6-13(7-9-14)10-17-19(23)22-18(21-17)15-4-3-5-16(20)11-15/h3-12H,1-2H3,(H,21,22,23)/b17-10+. The fourth-order valence-electron chi connectivity index (χ4n) is 2.38. The third kappa shape index (κ3) is 3.37. The van der Waals surface area contributed by atoms with Crippen LogP contribution in [0.1, 0.15) is 36.5 Å². The molecule has 4 heteroatoms. The van der Waals surface area contributed by atoms with E-state index in [1.54, 1.807) is 18.2 Å². The van der Waals surface area contributed by atoms with Crippen LogP contribution < -0.4 is 5.32 Å². The Morgan fingerprint density at radius 1 is 1.13 bits per heavy atom. The second-order valence-electron chi connectivity index (χ2n) is 5.78. The molecule has 1 heterocycles. The molecule has 0 aliphatic carbocycles. The first-order valence-electron chi connectivity index (χ1n) is 7.50. The summed E-state index contributed by atoms with van der Waals surface area (Å²) in [5.41, 5.74) is 3.02. The molecule has 116 valence electrons. The number of halogens is 1. The fraction of sp³-hybridized carbons (Fsp3) is 0.158. The molecule has 3 rings (SSSR count). The van der Waals surface area contributed by atoms with Crippen LogP contribution in [-0.4, -0.2) is 11.7 Å². The number of benzene rings is 2. The topological polar surface area (TPSA) is 41.5 Å². The van der Waals surface area contributed by atoms with Crippen molar-refractivity contribution in [2.24, 2.45) is 4.99 Å². The smallest absolute Gasteiger partial charge is 0.275 e. The Balaban J connectivity index is 1.88. The number of aliphatic imine (C=N–C) groups is 1. The van der Waals surface area contributed by atoms with Gasteiger partial charge in [-0.1, -0.05) is 50.2 Å². The Kier molecular flexibility index (Phi) is 4.06. The molecule has 0 fully saturated rings. The normalized spacial score (nSPS) is 15.9. The van der Waals surface area contributed by atoms with Gasteiger partial charge in [0, 0.05) is 5.56 Å². The molecular formula is C19H17FN2O. The summed E-state index contributed by atoms with van der Waals surface area (Å²) in [6, 6.07) is 14.0. The van der Waals surface area contributed by atoms with Crippen LogP contribution in [0.5, 0.6) is 0 Å². The van der Waals surface area contributed by atoms with Gasteiger partial charge in [-0.2, -0.15) is 0 Å². The van der Waals surface area contributed by atoms with Gasteiger partial charge in [-0.3, -0.25) is 4.79 Å². The molecule has 1 amide bonds. The third-order valence-corrected chi connectivity index (χ3v) is 3.70. The highest BCUT2D eigenvalue weighted by atomic mass is 19.1. The Bertz CT molecular complexity index is 804. The van der Waals surface area contributed by atoms with Gasteiger partial charge in [0.25, 0.3) is 5.91 Å².